The monoisotopic (exact) mass is 297 g/mol. The molecule has 1 aliphatic heterocycles. The van der Waals surface area contributed by atoms with Gasteiger partial charge in [-0.2, -0.15) is 0 Å². The molecule has 6 heteroatoms. The lowest BCUT2D eigenvalue weighted by molar-refractivity contribution is -0.155. The lowest BCUT2D eigenvalue weighted by Crippen LogP contribution is -2.52. The molecular formula is C15H17F2NO3. The Morgan fingerprint density at radius 2 is 1.90 bits per heavy atom. The molecule has 1 aromatic carbocycles. The van der Waals surface area contributed by atoms with Crippen LogP contribution in [0.4, 0.5) is 8.78 Å². The van der Waals surface area contributed by atoms with E-state index < -0.39 is 35.0 Å². The van der Waals surface area contributed by atoms with Crippen molar-refractivity contribution in [1.82, 2.24) is 4.90 Å². The van der Waals surface area contributed by atoms with Crippen molar-refractivity contribution in [3.8, 4) is 0 Å². The summed E-state index contributed by atoms with van der Waals surface area (Å²) in [7, 11) is 0. The van der Waals surface area contributed by atoms with Crippen LogP contribution in [0.3, 0.4) is 0 Å². The van der Waals surface area contributed by atoms with Gasteiger partial charge in [0.25, 0.3) is 0 Å². The molecule has 1 N–H and O–H groups in total. The molecule has 1 heterocycles. The number of rotatable bonds is 3. The van der Waals surface area contributed by atoms with Crippen molar-refractivity contribution in [3.63, 3.8) is 0 Å². The Kier molecular flexibility index (Phi) is 3.98. The maximum absolute atomic E-state index is 13.8. The van der Waals surface area contributed by atoms with Gasteiger partial charge in [0.05, 0.1) is 5.92 Å². The highest BCUT2D eigenvalue weighted by Crippen LogP contribution is 2.33. The molecule has 1 fully saturated rings. The summed E-state index contributed by atoms with van der Waals surface area (Å²) in [6, 6.07) is 3.40. The maximum atomic E-state index is 13.8. The molecule has 0 aromatic heterocycles. The fraction of sp³-hybridized carbons (Fsp3) is 0.467. The largest absolute Gasteiger partial charge is 0.480 e. The van der Waals surface area contributed by atoms with Crippen LogP contribution >= 0.6 is 0 Å². The standard InChI is InChI=1S/C15H17F2NO3/c1-9(12-10(16)5-3-6-11(12)17)13(19)18-8-4-7-15(18,2)14(20)21/h3,5-6,9H,4,7-8H2,1-2H3,(H,20,21). The van der Waals surface area contributed by atoms with Gasteiger partial charge in [0, 0.05) is 12.1 Å². The lowest BCUT2D eigenvalue weighted by Gasteiger charge is -2.33. The number of benzene rings is 1. The van der Waals surface area contributed by atoms with Crippen molar-refractivity contribution < 1.29 is 23.5 Å². The van der Waals surface area contributed by atoms with Gasteiger partial charge >= 0.3 is 5.97 Å². The topological polar surface area (TPSA) is 57.6 Å². The Hall–Kier alpha value is -1.98. The fourth-order valence-corrected chi connectivity index (χ4v) is 2.82. The van der Waals surface area contributed by atoms with Gasteiger partial charge in [-0.05, 0) is 38.8 Å². The average Bonchev–Trinajstić information content (AvgIpc) is 2.81. The van der Waals surface area contributed by atoms with Gasteiger partial charge < -0.3 is 10.0 Å². The minimum atomic E-state index is -1.31. The van der Waals surface area contributed by atoms with Crippen molar-refractivity contribution >= 4 is 11.9 Å². The summed E-state index contributed by atoms with van der Waals surface area (Å²) in [5.41, 5.74) is -1.63. The van der Waals surface area contributed by atoms with E-state index in [9.17, 15) is 23.5 Å². The van der Waals surface area contributed by atoms with Gasteiger partial charge in [0.1, 0.15) is 17.2 Å². The molecule has 1 aliphatic rings. The van der Waals surface area contributed by atoms with Crippen LogP contribution in [0, 0.1) is 11.6 Å². The first-order valence-corrected chi connectivity index (χ1v) is 6.78. The number of hydrogen-bond donors (Lipinski definition) is 1. The number of carboxylic acid groups (broad SMARTS) is 1. The van der Waals surface area contributed by atoms with E-state index >= 15 is 0 Å². The van der Waals surface area contributed by atoms with Crippen LogP contribution in [0.15, 0.2) is 18.2 Å². The molecule has 2 rings (SSSR count). The molecule has 0 saturated carbocycles. The van der Waals surface area contributed by atoms with Crippen LogP contribution in [-0.4, -0.2) is 34.0 Å². The summed E-state index contributed by atoms with van der Waals surface area (Å²) in [6.07, 6.45) is 0.890. The predicted molar refractivity (Wildman–Crippen MR) is 71.8 cm³/mol. The van der Waals surface area contributed by atoms with Crippen LogP contribution in [0.5, 0.6) is 0 Å². The summed E-state index contributed by atoms with van der Waals surface area (Å²) >= 11 is 0. The van der Waals surface area contributed by atoms with E-state index in [2.05, 4.69) is 0 Å². The van der Waals surface area contributed by atoms with Crippen LogP contribution in [0.2, 0.25) is 0 Å². The van der Waals surface area contributed by atoms with E-state index in [0.717, 1.165) is 12.1 Å². The summed E-state index contributed by atoms with van der Waals surface area (Å²) < 4.78 is 27.5. The molecule has 1 amide bonds. The van der Waals surface area contributed by atoms with Crippen LogP contribution in [0.25, 0.3) is 0 Å². The fourth-order valence-electron chi connectivity index (χ4n) is 2.82. The summed E-state index contributed by atoms with van der Waals surface area (Å²) in [6.45, 7) is 3.14. The molecular weight excluding hydrogens is 280 g/mol. The van der Waals surface area contributed by atoms with Gasteiger partial charge in [-0.25, -0.2) is 13.6 Å². The highest BCUT2D eigenvalue weighted by Gasteiger charge is 2.47. The molecule has 21 heavy (non-hydrogen) atoms. The summed E-state index contributed by atoms with van der Waals surface area (Å²) in [5, 5.41) is 9.31. The van der Waals surface area contributed by atoms with E-state index in [1.807, 2.05) is 0 Å². The van der Waals surface area contributed by atoms with Crippen LogP contribution in [0.1, 0.15) is 38.2 Å². The van der Waals surface area contributed by atoms with E-state index in [1.165, 1.54) is 24.8 Å². The van der Waals surface area contributed by atoms with E-state index in [-0.39, 0.29) is 12.1 Å². The molecule has 0 radical (unpaired) electrons. The second kappa shape index (κ2) is 5.42. The van der Waals surface area contributed by atoms with Gasteiger partial charge in [0.15, 0.2) is 0 Å². The molecule has 0 bridgehead atoms. The number of carbonyl (C=O) groups is 2. The number of carbonyl (C=O) groups excluding carboxylic acids is 1. The number of amides is 1. The minimum absolute atomic E-state index is 0.280. The third-order valence-electron chi connectivity index (χ3n) is 4.17. The smallest absolute Gasteiger partial charge is 0.329 e. The number of hydrogen-bond acceptors (Lipinski definition) is 2. The van der Waals surface area contributed by atoms with E-state index in [1.54, 1.807) is 0 Å². The molecule has 2 unspecified atom stereocenters. The number of halogens is 2. The van der Waals surface area contributed by atoms with Crippen LogP contribution < -0.4 is 0 Å². The van der Waals surface area contributed by atoms with Gasteiger partial charge in [0.2, 0.25) is 5.91 Å². The number of aliphatic carboxylic acids is 1. The van der Waals surface area contributed by atoms with Crippen molar-refractivity contribution in [2.24, 2.45) is 0 Å². The molecule has 1 saturated heterocycles. The van der Waals surface area contributed by atoms with E-state index in [0.29, 0.717) is 12.8 Å². The first-order chi connectivity index (χ1) is 9.79. The summed E-state index contributed by atoms with van der Waals surface area (Å²) in [5.74, 6) is -4.34. The molecule has 2 atom stereocenters. The Morgan fingerprint density at radius 1 is 1.33 bits per heavy atom. The SMILES string of the molecule is CC(C(=O)N1CCCC1(C)C(=O)O)c1c(F)cccc1F. The zero-order valence-corrected chi connectivity index (χ0v) is 11.9. The molecule has 0 spiro atoms. The lowest BCUT2D eigenvalue weighted by atomic mass is 9.94. The minimum Gasteiger partial charge on any atom is -0.480 e. The Labute approximate surface area is 121 Å². The second-order valence-electron chi connectivity index (χ2n) is 5.53. The normalized spacial score (nSPS) is 23.1. The Bertz CT molecular complexity index is 570. The van der Waals surface area contributed by atoms with Crippen molar-refractivity contribution in [1.29, 1.82) is 0 Å². The van der Waals surface area contributed by atoms with E-state index in [4.69, 9.17) is 0 Å². The first kappa shape index (κ1) is 15.4. The predicted octanol–water partition coefficient (Wildman–Crippen LogP) is 2.53. The zero-order valence-electron chi connectivity index (χ0n) is 11.9. The number of nitrogens with zero attached hydrogens (tertiary/aromatic N) is 1. The Balaban J connectivity index is 2.34. The van der Waals surface area contributed by atoms with Crippen molar-refractivity contribution in [2.45, 2.75) is 38.1 Å². The van der Waals surface area contributed by atoms with Crippen LogP contribution in [-0.2, 0) is 9.59 Å². The quantitative estimate of drug-likeness (QED) is 0.932. The third kappa shape index (κ3) is 2.50. The number of carboxylic acids is 1. The highest BCUT2D eigenvalue weighted by molar-refractivity contribution is 5.90. The van der Waals surface area contributed by atoms with Gasteiger partial charge in [-0.1, -0.05) is 6.07 Å². The highest BCUT2D eigenvalue weighted by atomic mass is 19.1. The second-order valence-corrected chi connectivity index (χ2v) is 5.53. The summed E-state index contributed by atoms with van der Waals surface area (Å²) in [4.78, 5) is 25.1. The maximum Gasteiger partial charge on any atom is 0.329 e. The van der Waals surface area contributed by atoms with Crippen molar-refractivity contribution in [2.75, 3.05) is 6.54 Å². The Morgan fingerprint density at radius 3 is 2.43 bits per heavy atom. The first-order valence-electron chi connectivity index (χ1n) is 6.78. The zero-order chi connectivity index (χ0) is 15.8. The van der Waals surface area contributed by atoms with Gasteiger partial charge in [-0.3, -0.25) is 4.79 Å². The van der Waals surface area contributed by atoms with Gasteiger partial charge in [-0.15, -0.1) is 0 Å². The average molecular weight is 297 g/mol. The number of likely N-dealkylation sites (tertiary alicyclic amines) is 1. The molecule has 1 aromatic rings. The molecule has 114 valence electrons. The molecule has 0 aliphatic carbocycles. The molecule has 4 nitrogen and oxygen atoms in total. The van der Waals surface area contributed by atoms with Crippen molar-refractivity contribution in [3.05, 3.63) is 35.4 Å². The third-order valence-corrected chi connectivity index (χ3v) is 4.17.